The van der Waals surface area contributed by atoms with Gasteiger partial charge in [0.1, 0.15) is 17.0 Å². The van der Waals surface area contributed by atoms with Crippen LogP contribution in [0.1, 0.15) is 40.9 Å². The van der Waals surface area contributed by atoms with Crippen LogP contribution in [0.25, 0.3) is 11.0 Å². The van der Waals surface area contributed by atoms with Crippen LogP contribution in [0.15, 0.2) is 32.4 Å². The van der Waals surface area contributed by atoms with Crippen LogP contribution in [0.3, 0.4) is 0 Å². The lowest BCUT2D eigenvalue weighted by Gasteiger charge is -2.16. The molecule has 1 aromatic carbocycles. The molecule has 170 valence electrons. The normalized spacial score (nSPS) is 11.3. The zero-order valence-electron chi connectivity index (χ0n) is 18.9. The highest BCUT2D eigenvalue weighted by atomic mass is 16.5. The Morgan fingerprint density at radius 1 is 1.16 bits per heavy atom. The van der Waals surface area contributed by atoms with Crippen LogP contribution in [-0.2, 0) is 29.5 Å². The molecule has 2 heterocycles. The Bertz CT molecular complexity index is 1330. The number of benzene rings is 1. The maximum absolute atomic E-state index is 12.7. The number of aryl methyl sites for hydroxylation is 2. The van der Waals surface area contributed by atoms with Crippen molar-refractivity contribution >= 4 is 28.5 Å². The fourth-order valence-corrected chi connectivity index (χ4v) is 3.48. The maximum atomic E-state index is 12.7. The molecule has 0 spiro atoms. The van der Waals surface area contributed by atoms with Gasteiger partial charge in [0.25, 0.3) is 5.56 Å². The number of carbonyl (C=O) groups excluding carboxylic acids is 2. The number of nitrogen functional groups attached to an aromatic ring is 1. The Morgan fingerprint density at radius 3 is 2.47 bits per heavy atom. The number of fused-ring (bicyclic) bond motifs is 1. The molecule has 0 saturated carbocycles. The van der Waals surface area contributed by atoms with E-state index in [1.807, 2.05) is 39.8 Å². The van der Waals surface area contributed by atoms with Gasteiger partial charge in [-0.2, -0.15) is 0 Å². The summed E-state index contributed by atoms with van der Waals surface area (Å²) in [6, 6.07) is 3.83. The lowest BCUT2D eigenvalue weighted by atomic mass is 10.0. The molecule has 0 atom stereocenters. The quantitative estimate of drug-likeness (QED) is 0.439. The van der Waals surface area contributed by atoms with Crippen molar-refractivity contribution in [2.24, 2.45) is 13.0 Å². The van der Waals surface area contributed by atoms with Gasteiger partial charge in [0.2, 0.25) is 5.78 Å². The number of nitrogens with zero attached hydrogens (tertiary/aromatic N) is 2. The molecule has 3 aromatic rings. The predicted octanol–water partition coefficient (Wildman–Crippen LogP) is 2.12. The molecule has 9 nitrogen and oxygen atoms in total. The number of hydrogen-bond acceptors (Lipinski definition) is 7. The molecule has 0 aliphatic heterocycles. The van der Waals surface area contributed by atoms with Crippen LogP contribution in [0.4, 0.5) is 5.82 Å². The van der Waals surface area contributed by atoms with Crippen LogP contribution < -0.4 is 17.0 Å². The number of ether oxygens (including phenoxy) is 1. The molecular weight excluding hydrogens is 414 g/mol. The van der Waals surface area contributed by atoms with Crippen molar-refractivity contribution in [1.82, 2.24) is 9.13 Å². The van der Waals surface area contributed by atoms with E-state index in [0.29, 0.717) is 11.1 Å². The number of Topliss-reactive ketones (excluding diaryl/α,β-unsaturated/α-hetero) is 1. The van der Waals surface area contributed by atoms with Crippen molar-refractivity contribution in [3.63, 3.8) is 0 Å². The van der Waals surface area contributed by atoms with E-state index in [1.54, 1.807) is 0 Å². The summed E-state index contributed by atoms with van der Waals surface area (Å²) in [6.07, 6.45) is 1.39. The molecule has 0 aliphatic rings. The molecule has 9 heteroatoms. The first-order chi connectivity index (χ1) is 15.0. The lowest BCUT2D eigenvalue weighted by molar-refractivity contribution is -0.141. The van der Waals surface area contributed by atoms with Crippen LogP contribution >= 0.6 is 0 Å². The van der Waals surface area contributed by atoms with E-state index in [4.69, 9.17) is 14.9 Å². The standard InChI is InChI=1S/C23H27N3O6/c1-12(2)9-26-21(24)20(22(29)25(5)23(26)30)17(27)11-32-19(28)8-15-10-31-18-7-14(4)13(3)6-16(15)18/h6-7,10,12H,8-9,11,24H2,1-5H3. The minimum atomic E-state index is -0.819. The Morgan fingerprint density at radius 2 is 1.81 bits per heavy atom. The van der Waals surface area contributed by atoms with Gasteiger partial charge in [-0.05, 0) is 43.0 Å². The van der Waals surface area contributed by atoms with Gasteiger partial charge in [-0.3, -0.25) is 23.5 Å². The topological polar surface area (TPSA) is 127 Å². The van der Waals surface area contributed by atoms with Gasteiger partial charge >= 0.3 is 11.7 Å². The molecule has 0 fully saturated rings. The smallest absolute Gasteiger partial charge is 0.332 e. The number of esters is 1. The Kier molecular flexibility index (Phi) is 6.38. The van der Waals surface area contributed by atoms with Gasteiger partial charge in [0.15, 0.2) is 6.61 Å². The monoisotopic (exact) mass is 441 g/mol. The molecule has 3 rings (SSSR count). The number of rotatable bonds is 7. The number of nitrogens with two attached hydrogens (primary N) is 1. The maximum Gasteiger partial charge on any atom is 0.332 e. The van der Waals surface area contributed by atoms with Crippen LogP contribution in [0.2, 0.25) is 0 Å². The molecular formula is C23H27N3O6. The molecule has 0 unspecified atom stereocenters. The lowest BCUT2D eigenvalue weighted by Crippen LogP contribution is -2.43. The average Bonchev–Trinajstić information content (AvgIpc) is 3.09. The fraction of sp³-hybridized carbons (Fsp3) is 0.391. The highest BCUT2D eigenvalue weighted by Crippen LogP contribution is 2.25. The van der Waals surface area contributed by atoms with Crippen molar-refractivity contribution < 1.29 is 18.7 Å². The first-order valence-corrected chi connectivity index (χ1v) is 10.3. The number of hydrogen-bond donors (Lipinski definition) is 1. The SMILES string of the molecule is Cc1cc2occ(CC(=O)OCC(=O)c3c(N)n(CC(C)C)c(=O)n(C)c3=O)c2cc1C. The summed E-state index contributed by atoms with van der Waals surface area (Å²) in [6.45, 7) is 7.27. The zero-order valence-corrected chi connectivity index (χ0v) is 18.9. The van der Waals surface area contributed by atoms with Crippen molar-refractivity contribution in [3.8, 4) is 0 Å². The molecule has 0 amide bonds. The Hall–Kier alpha value is -3.62. The highest BCUT2D eigenvalue weighted by molar-refractivity contribution is 6.01. The summed E-state index contributed by atoms with van der Waals surface area (Å²) >= 11 is 0. The summed E-state index contributed by atoms with van der Waals surface area (Å²) in [7, 11) is 1.28. The first kappa shape index (κ1) is 23.1. The summed E-state index contributed by atoms with van der Waals surface area (Å²) in [5, 5.41) is 0.801. The number of aromatic nitrogens is 2. The van der Waals surface area contributed by atoms with Gasteiger partial charge in [0.05, 0.1) is 12.7 Å². The summed E-state index contributed by atoms with van der Waals surface area (Å²) in [5.41, 5.74) is 7.64. The largest absolute Gasteiger partial charge is 0.464 e. The second-order valence-electron chi connectivity index (χ2n) is 8.37. The number of carbonyl (C=O) groups is 2. The minimum Gasteiger partial charge on any atom is -0.464 e. The molecule has 2 aromatic heterocycles. The number of anilines is 1. The van der Waals surface area contributed by atoms with E-state index in [9.17, 15) is 19.2 Å². The second kappa shape index (κ2) is 8.86. The molecule has 32 heavy (non-hydrogen) atoms. The van der Waals surface area contributed by atoms with E-state index >= 15 is 0 Å². The third kappa shape index (κ3) is 4.37. The predicted molar refractivity (Wildman–Crippen MR) is 120 cm³/mol. The van der Waals surface area contributed by atoms with Crippen molar-refractivity contribution in [3.05, 3.63) is 61.5 Å². The fourth-order valence-electron chi connectivity index (χ4n) is 3.48. The van der Waals surface area contributed by atoms with Gasteiger partial charge in [-0.25, -0.2) is 4.79 Å². The van der Waals surface area contributed by atoms with E-state index < -0.39 is 29.6 Å². The first-order valence-electron chi connectivity index (χ1n) is 10.3. The number of ketones is 1. The van der Waals surface area contributed by atoms with Crippen molar-refractivity contribution in [2.45, 2.75) is 40.7 Å². The van der Waals surface area contributed by atoms with Crippen LogP contribution in [-0.4, -0.2) is 27.5 Å². The molecule has 0 saturated heterocycles. The minimum absolute atomic E-state index is 0.0606. The highest BCUT2D eigenvalue weighted by Gasteiger charge is 2.23. The third-order valence-corrected chi connectivity index (χ3v) is 5.38. The van der Waals surface area contributed by atoms with E-state index in [1.165, 1.54) is 17.9 Å². The van der Waals surface area contributed by atoms with Crippen LogP contribution in [0, 0.1) is 19.8 Å². The summed E-state index contributed by atoms with van der Waals surface area (Å²) < 4.78 is 12.6. The van der Waals surface area contributed by atoms with Crippen LogP contribution in [0.5, 0.6) is 0 Å². The van der Waals surface area contributed by atoms with Gasteiger partial charge in [-0.15, -0.1) is 0 Å². The molecule has 0 aliphatic carbocycles. The van der Waals surface area contributed by atoms with Gasteiger partial charge in [0, 0.05) is 24.5 Å². The van der Waals surface area contributed by atoms with Crippen molar-refractivity contribution in [1.29, 1.82) is 0 Å². The number of furan rings is 1. The van der Waals surface area contributed by atoms with E-state index in [0.717, 1.165) is 21.1 Å². The van der Waals surface area contributed by atoms with E-state index in [2.05, 4.69) is 0 Å². The van der Waals surface area contributed by atoms with Gasteiger partial charge < -0.3 is 14.9 Å². The second-order valence-corrected chi connectivity index (χ2v) is 8.37. The summed E-state index contributed by atoms with van der Waals surface area (Å²) in [4.78, 5) is 49.9. The molecule has 2 N–H and O–H groups in total. The molecule has 0 radical (unpaired) electrons. The zero-order chi connectivity index (χ0) is 23.7. The Balaban J connectivity index is 1.78. The summed E-state index contributed by atoms with van der Waals surface area (Å²) in [5.74, 6) is -1.58. The van der Waals surface area contributed by atoms with Gasteiger partial charge in [-0.1, -0.05) is 13.8 Å². The van der Waals surface area contributed by atoms with E-state index in [-0.39, 0.29) is 30.3 Å². The van der Waals surface area contributed by atoms with Crippen molar-refractivity contribution in [2.75, 3.05) is 12.3 Å². The molecule has 0 bridgehead atoms. The average molecular weight is 441 g/mol. The Labute approximate surface area is 184 Å². The third-order valence-electron chi connectivity index (χ3n) is 5.38.